The minimum Gasteiger partial charge on any atom is -0.454 e. The lowest BCUT2D eigenvalue weighted by Crippen LogP contribution is -2.42. The molecule has 7 heteroatoms. The lowest BCUT2D eigenvalue weighted by molar-refractivity contribution is -0.150. The number of amides is 2. The van der Waals surface area contributed by atoms with Crippen LogP contribution in [0.25, 0.3) is 0 Å². The molecule has 2 amide bonds. The Bertz CT molecular complexity index is 592. The van der Waals surface area contributed by atoms with E-state index in [1.54, 1.807) is 24.3 Å². The highest BCUT2D eigenvalue weighted by Gasteiger charge is 2.20. The number of esters is 1. The number of nitrogens with one attached hydrogen (secondary N) is 2. The second-order valence-corrected chi connectivity index (χ2v) is 5.95. The predicted octanol–water partition coefficient (Wildman–Crippen LogP) is 2.31. The fourth-order valence-corrected chi connectivity index (χ4v) is 2.28. The molecule has 0 heterocycles. The van der Waals surface area contributed by atoms with E-state index in [2.05, 4.69) is 10.6 Å². The summed E-state index contributed by atoms with van der Waals surface area (Å²) in [5.74, 6) is -1.53. The lowest BCUT2D eigenvalue weighted by atomic mass is 10.2. The van der Waals surface area contributed by atoms with Crippen molar-refractivity contribution in [3.63, 3.8) is 0 Å². The first-order chi connectivity index (χ1) is 11.3. The van der Waals surface area contributed by atoms with Crippen molar-refractivity contribution in [2.75, 3.05) is 6.61 Å². The number of ether oxygens (including phenoxy) is 1. The number of halogens is 1. The maximum absolute atomic E-state index is 12.1. The first-order valence-corrected chi connectivity index (χ1v) is 8.24. The summed E-state index contributed by atoms with van der Waals surface area (Å²) in [7, 11) is 0. The molecule has 0 unspecified atom stereocenters. The van der Waals surface area contributed by atoms with E-state index in [0.717, 1.165) is 12.8 Å². The second-order valence-electron chi connectivity index (χ2n) is 5.54. The topological polar surface area (TPSA) is 84.5 Å². The van der Waals surface area contributed by atoms with Crippen LogP contribution in [0.3, 0.4) is 0 Å². The van der Waals surface area contributed by atoms with Crippen molar-refractivity contribution in [2.45, 2.75) is 45.7 Å². The normalized spacial score (nSPS) is 12.8. The van der Waals surface area contributed by atoms with E-state index in [4.69, 9.17) is 16.3 Å². The van der Waals surface area contributed by atoms with Crippen LogP contribution in [0.4, 0.5) is 0 Å². The molecule has 0 radical (unpaired) electrons. The van der Waals surface area contributed by atoms with Crippen LogP contribution in [0.15, 0.2) is 24.3 Å². The Morgan fingerprint density at radius 3 is 2.46 bits per heavy atom. The third-order valence-electron chi connectivity index (χ3n) is 3.29. The highest BCUT2D eigenvalue weighted by atomic mass is 35.5. The molecule has 0 aliphatic heterocycles. The van der Waals surface area contributed by atoms with E-state index in [1.165, 1.54) is 6.92 Å². The molecule has 2 atom stereocenters. The summed E-state index contributed by atoms with van der Waals surface area (Å²) in [6, 6.07) is 5.65. The highest BCUT2D eigenvalue weighted by Crippen LogP contribution is 2.14. The largest absolute Gasteiger partial charge is 0.454 e. The summed E-state index contributed by atoms with van der Waals surface area (Å²) < 4.78 is 4.91. The van der Waals surface area contributed by atoms with E-state index in [-0.39, 0.29) is 24.1 Å². The van der Waals surface area contributed by atoms with Crippen molar-refractivity contribution < 1.29 is 19.1 Å². The van der Waals surface area contributed by atoms with Gasteiger partial charge in [-0.15, -0.1) is 0 Å². The molecule has 0 saturated heterocycles. The number of hydrogen-bond donors (Lipinski definition) is 2. The zero-order valence-electron chi connectivity index (χ0n) is 14.1. The smallest absolute Gasteiger partial charge is 0.328 e. The molecule has 2 N–H and O–H groups in total. The molecule has 0 aliphatic carbocycles. The van der Waals surface area contributed by atoms with Gasteiger partial charge in [-0.25, -0.2) is 4.79 Å². The molecule has 1 rings (SSSR count). The van der Waals surface area contributed by atoms with Crippen LogP contribution < -0.4 is 10.6 Å². The van der Waals surface area contributed by atoms with Gasteiger partial charge in [0.05, 0.1) is 10.6 Å². The highest BCUT2D eigenvalue weighted by molar-refractivity contribution is 6.33. The van der Waals surface area contributed by atoms with Crippen molar-refractivity contribution in [3.8, 4) is 0 Å². The van der Waals surface area contributed by atoms with Gasteiger partial charge in [0.25, 0.3) is 11.8 Å². The Morgan fingerprint density at radius 1 is 1.17 bits per heavy atom. The number of rotatable bonds is 8. The van der Waals surface area contributed by atoms with Gasteiger partial charge in [-0.2, -0.15) is 0 Å². The monoisotopic (exact) mass is 354 g/mol. The average molecular weight is 355 g/mol. The van der Waals surface area contributed by atoms with E-state index < -0.39 is 17.9 Å². The molecule has 0 bridgehead atoms. The first kappa shape index (κ1) is 20.0. The number of carbonyl (C=O) groups excluding carboxylic acids is 3. The van der Waals surface area contributed by atoms with Gasteiger partial charge in [-0.3, -0.25) is 9.59 Å². The lowest BCUT2D eigenvalue weighted by Gasteiger charge is -2.15. The van der Waals surface area contributed by atoms with Crippen LogP contribution in [0, 0.1) is 0 Å². The summed E-state index contributed by atoms with van der Waals surface area (Å²) in [6.45, 7) is 5.01. The van der Waals surface area contributed by atoms with E-state index in [9.17, 15) is 14.4 Å². The molecule has 0 fully saturated rings. The Balaban J connectivity index is 2.44. The molecule has 0 aliphatic rings. The molecule has 1 aromatic rings. The number of benzene rings is 1. The van der Waals surface area contributed by atoms with Crippen LogP contribution >= 0.6 is 11.6 Å². The van der Waals surface area contributed by atoms with Gasteiger partial charge < -0.3 is 15.4 Å². The van der Waals surface area contributed by atoms with Gasteiger partial charge in [-0.1, -0.05) is 37.1 Å². The Kier molecular flexibility index (Phi) is 8.26. The summed E-state index contributed by atoms with van der Waals surface area (Å²) in [5.41, 5.74) is 0.268. The summed E-state index contributed by atoms with van der Waals surface area (Å²) in [4.78, 5) is 35.6. The minimum absolute atomic E-state index is 0.0264. The predicted molar refractivity (Wildman–Crippen MR) is 91.9 cm³/mol. The van der Waals surface area contributed by atoms with E-state index in [0.29, 0.717) is 5.02 Å². The van der Waals surface area contributed by atoms with Crippen LogP contribution in [0.1, 0.15) is 44.0 Å². The molecular weight excluding hydrogens is 332 g/mol. The van der Waals surface area contributed by atoms with Crippen molar-refractivity contribution in [1.82, 2.24) is 10.6 Å². The molecule has 0 spiro atoms. The van der Waals surface area contributed by atoms with Gasteiger partial charge in [0.15, 0.2) is 6.61 Å². The summed E-state index contributed by atoms with van der Waals surface area (Å²) in [6.07, 6.45) is 1.80. The van der Waals surface area contributed by atoms with E-state index >= 15 is 0 Å². The molecular formula is C17H23ClN2O4. The zero-order valence-corrected chi connectivity index (χ0v) is 14.9. The Morgan fingerprint density at radius 2 is 1.83 bits per heavy atom. The van der Waals surface area contributed by atoms with Gasteiger partial charge in [0.2, 0.25) is 0 Å². The molecule has 0 aromatic heterocycles. The van der Waals surface area contributed by atoms with Gasteiger partial charge >= 0.3 is 5.97 Å². The van der Waals surface area contributed by atoms with Crippen molar-refractivity contribution in [2.24, 2.45) is 0 Å². The molecule has 24 heavy (non-hydrogen) atoms. The maximum atomic E-state index is 12.1. The van der Waals surface area contributed by atoms with Crippen molar-refractivity contribution in [1.29, 1.82) is 0 Å². The second kappa shape index (κ2) is 9.93. The number of hydrogen-bond acceptors (Lipinski definition) is 4. The standard InChI is InChI=1S/C17H23ClN2O4/c1-4-7-11(2)19-15(21)10-24-17(23)12(3)20-16(22)13-8-5-6-9-14(13)18/h5-6,8-9,11-12H,4,7,10H2,1-3H3,(H,19,21)(H,20,22)/t11-,12-/m0/s1. The maximum Gasteiger partial charge on any atom is 0.328 e. The first-order valence-electron chi connectivity index (χ1n) is 7.86. The zero-order chi connectivity index (χ0) is 18.1. The summed E-state index contributed by atoms with van der Waals surface area (Å²) >= 11 is 5.93. The SMILES string of the molecule is CCC[C@H](C)NC(=O)COC(=O)[C@H](C)NC(=O)c1ccccc1Cl. The average Bonchev–Trinajstić information content (AvgIpc) is 2.52. The van der Waals surface area contributed by atoms with Gasteiger partial charge in [0, 0.05) is 6.04 Å². The molecule has 132 valence electrons. The third kappa shape index (κ3) is 6.58. The molecule has 6 nitrogen and oxygen atoms in total. The third-order valence-corrected chi connectivity index (χ3v) is 3.62. The van der Waals surface area contributed by atoms with Crippen molar-refractivity contribution >= 4 is 29.4 Å². The molecule has 1 aromatic carbocycles. The Hall–Kier alpha value is -2.08. The quantitative estimate of drug-likeness (QED) is 0.701. The van der Waals surface area contributed by atoms with Crippen LogP contribution in [-0.4, -0.2) is 36.5 Å². The fraction of sp³-hybridized carbons (Fsp3) is 0.471. The van der Waals surface area contributed by atoms with Crippen LogP contribution in [0.5, 0.6) is 0 Å². The number of carbonyl (C=O) groups is 3. The van der Waals surface area contributed by atoms with Gasteiger partial charge in [-0.05, 0) is 32.4 Å². The van der Waals surface area contributed by atoms with Gasteiger partial charge in [0.1, 0.15) is 6.04 Å². The summed E-state index contributed by atoms with van der Waals surface area (Å²) in [5, 5.41) is 5.51. The van der Waals surface area contributed by atoms with Crippen molar-refractivity contribution in [3.05, 3.63) is 34.9 Å². The fourth-order valence-electron chi connectivity index (χ4n) is 2.06. The Labute approximate surface area is 146 Å². The molecule has 0 saturated carbocycles. The minimum atomic E-state index is -0.894. The van der Waals surface area contributed by atoms with Crippen LogP contribution in [-0.2, 0) is 14.3 Å². The van der Waals surface area contributed by atoms with Crippen LogP contribution in [0.2, 0.25) is 5.02 Å². The van der Waals surface area contributed by atoms with E-state index in [1.807, 2.05) is 13.8 Å².